The zero-order valence-corrected chi connectivity index (χ0v) is 12.0. The Bertz CT molecular complexity index is 562. The van der Waals surface area contributed by atoms with Gasteiger partial charge in [0.05, 0.1) is 4.47 Å². The van der Waals surface area contributed by atoms with E-state index in [1.807, 2.05) is 6.92 Å². The number of anilines is 2. The number of halogens is 2. The molecule has 0 bridgehead atoms. The Morgan fingerprint density at radius 2 is 2.05 bits per heavy atom. The lowest BCUT2D eigenvalue weighted by molar-refractivity contribution is 0.613. The normalized spacial score (nSPS) is 10.3. The van der Waals surface area contributed by atoms with Gasteiger partial charge in [-0.2, -0.15) is 4.98 Å². The second-order valence-electron chi connectivity index (χ2n) is 3.87. The van der Waals surface area contributed by atoms with E-state index >= 15 is 0 Å². The molecule has 0 spiro atoms. The fourth-order valence-electron chi connectivity index (χ4n) is 1.56. The van der Waals surface area contributed by atoms with Crippen molar-refractivity contribution in [3.63, 3.8) is 0 Å². The van der Waals surface area contributed by atoms with Crippen molar-refractivity contribution in [2.75, 3.05) is 17.2 Å². The van der Waals surface area contributed by atoms with Crippen molar-refractivity contribution >= 4 is 27.7 Å². The zero-order chi connectivity index (χ0) is 13.7. The van der Waals surface area contributed by atoms with E-state index in [-0.39, 0.29) is 5.82 Å². The van der Waals surface area contributed by atoms with Crippen LogP contribution < -0.4 is 10.6 Å². The minimum atomic E-state index is -0.230. The molecule has 1 aromatic carbocycles. The number of aromatic nitrogens is 2. The first-order valence-corrected chi connectivity index (χ1v) is 6.73. The van der Waals surface area contributed by atoms with Gasteiger partial charge in [-0.05, 0) is 28.9 Å². The van der Waals surface area contributed by atoms with E-state index in [1.165, 1.54) is 6.07 Å². The Hall–Kier alpha value is -1.69. The smallest absolute Gasteiger partial charge is 0.224 e. The molecule has 19 heavy (non-hydrogen) atoms. The lowest BCUT2D eigenvalue weighted by Crippen LogP contribution is -2.07. The topological polar surface area (TPSA) is 49.8 Å². The van der Waals surface area contributed by atoms with Crippen LogP contribution in [-0.2, 0) is 6.54 Å². The molecule has 0 unspecified atom stereocenters. The molecule has 0 saturated heterocycles. The molecule has 0 aliphatic carbocycles. The fraction of sp³-hybridized carbons (Fsp3) is 0.231. The van der Waals surface area contributed by atoms with Gasteiger partial charge in [0.2, 0.25) is 5.95 Å². The largest absolute Gasteiger partial charge is 0.365 e. The van der Waals surface area contributed by atoms with Crippen LogP contribution in [0.2, 0.25) is 0 Å². The third kappa shape index (κ3) is 3.64. The molecule has 0 aliphatic rings. The third-order valence-electron chi connectivity index (χ3n) is 2.48. The SMILES string of the molecule is CCNc1ncc(Br)c(NCc2ccccc2F)n1. The van der Waals surface area contributed by atoms with Crippen LogP contribution in [0, 0.1) is 5.82 Å². The summed E-state index contributed by atoms with van der Waals surface area (Å²) in [7, 11) is 0. The molecular formula is C13H14BrFN4. The Morgan fingerprint density at radius 1 is 1.26 bits per heavy atom. The van der Waals surface area contributed by atoms with Crippen molar-refractivity contribution in [3.8, 4) is 0 Å². The maximum Gasteiger partial charge on any atom is 0.224 e. The monoisotopic (exact) mass is 324 g/mol. The average molecular weight is 325 g/mol. The van der Waals surface area contributed by atoms with Crippen LogP contribution >= 0.6 is 15.9 Å². The first kappa shape index (κ1) is 13.7. The van der Waals surface area contributed by atoms with E-state index in [9.17, 15) is 4.39 Å². The van der Waals surface area contributed by atoms with Crippen LogP contribution in [0.15, 0.2) is 34.9 Å². The summed E-state index contributed by atoms with van der Waals surface area (Å²) in [5.41, 5.74) is 0.595. The molecule has 2 rings (SSSR count). The van der Waals surface area contributed by atoms with Crippen molar-refractivity contribution in [2.24, 2.45) is 0 Å². The Morgan fingerprint density at radius 3 is 2.79 bits per heavy atom. The van der Waals surface area contributed by atoms with Gasteiger partial charge < -0.3 is 10.6 Å². The molecule has 0 aliphatic heterocycles. The maximum absolute atomic E-state index is 13.5. The minimum absolute atomic E-state index is 0.230. The summed E-state index contributed by atoms with van der Waals surface area (Å²) in [6.07, 6.45) is 1.66. The minimum Gasteiger partial charge on any atom is -0.365 e. The maximum atomic E-state index is 13.5. The highest BCUT2D eigenvalue weighted by molar-refractivity contribution is 9.10. The van der Waals surface area contributed by atoms with Gasteiger partial charge in [0.15, 0.2) is 0 Å². The van der Waals surface area contributed by atoms with Gasteiger partial charge in [0, 0.05) is 24.8 Å². The Balaban J connectivity index is 2.10. The zero-order valence-electron chi connectivity index (χ0n) is 10.5. The van der Waals surface area contributed by atoms with Crippen LogP contribution in [0.25, 0.3) is 0 Å². The van der Waals surface area contributed by atoms with E-state index in [0.717, 1.165) is 11.0 Å². The molecule has 1 aromatic heterocycles. The van der Waals surface area contributed by atoms with Crippen molar-refractivity contribution in [3.05, 3.63) is 46.3 Å². The Kier molecular flexibility index (Phi) is 4.68. The molecule has 0 saturated carbocycles. The number of hydrogen-bond donors (Lipinski definition) is 2. The van der Waals surface area contributed by atoms with Gasteiger partial charge in [-0.3, -0.25) is 0 Å². The fourth-order valence-corrected chi connectivity index (χ4v) is 1.89. The van der Waals surface area contributed by atoms with Crippen LogP contribution in [0.5, 0.6) is 0 Å². The highest BCUT2D eigenvalue weighted by atomic mass is 79.9. The molecule has 100 valence electrons. The molecular weight excluding hydrogens is 311 g/mol. The number of nitrogens with zero attached hydrogens (tertiary/aromatic N) is 2. The van der Waals surface area contributed by atoms with E-state index in [2.05, 4.69) is 36.5 Å². The molecule has 2 aromatic rings. The predicted molar refractivity (Wildman–Crippen MR) is 77.6 cm³/mol. The first-order chi connectivity index (χ1) is 9.20. The number of nitrogens with one attached hydrogen (secondary N) is 2. The molecule has 6 heteroatoms. The molecule has 0 amide bonds. The summed E-state index contributed by atoms with van der Waals surface area (Å²) in [5.74, 6) is 0.947. The summed E-state index contributed by atoms with van der Waals surface area (Å²) in [4.78, 5) is 8.42. The summed E-state index contributed by atoms with van der Waals surface area (Å²) in [5, 5.41) is 6.12. The third-order valence-corrected chi connectivity index (χ3v) is 3.06. The van der Waals surface area contributed by atoms with Gasteiger partial charge in [0.25, 0.3) is 0 Å². The van der Waals surface area contributed by atoms with Crippen LogP contribution in [0.3, 0.4) is 0 Å². The van der Waals surface area contributed by atoms with E-state index in [1.54, 1.807) is 24.4 Å². The van der Waals surface area contributed by atoms with E-state index in [4.69, 9.17) is 0 Å². The quantitative estimate of drug-likeness (QED) is 0.884. The van der Waals surface area contributed by atoms with Crippen LogP contribution in [0.4, 0.5) is 16.2 Å². The standard InChI is InChI=1S/C13H14BrFN4/c1-2-16-13-18-8-10(14)12(19-13)17-7-9-5-3-4-6-11(9)15/h3-6,8H,2,7H2,1H3,(H2,16,17,18,19). The summed E-state index contributed by atoms with van der Waals surface area (Å²) in [6, 6.07) is 6.65. The van der Waals surface area contributed by atoms with Crippen LogP contribution in [-0.4, -0.2) is 16.5 Å². The molecule has 0 atom stereocenters. The van der Waals surface area contributed by atoms with Gasteiger partial charge >= 0.3 is 0 Å². The number of hydrogen-bond acceptors (Lipinski definition) is 4. The van der Waals surface area contributed by atoms with Gasteiger partial charge in [-0.15, -0.1) is 0 Å². The Labute approximate surface area is 119 Å². The van der Waals surface area contributed by atoms with Crippen molar-refractivity contribution in [1.29, 1.82) is 0 Å². The molecule has 1 heterocycles. The van der Waals surface area contributed by atoms with E-state index < -0.39 is 0 Å². The van der Waals surface area contributed by atoms with Gasteiger partial charge in [0.1, 0.15) is 11.6 Å². The average Bonchev–Trinajstić information content (AvgIpc) is 2.41. The summed E-state index contributed by atoms with van der Waals surface area (Å²) in [6.45, 7) is 3.08. The predicted octanol–water partition coefficient (Wildman–Crippen LogP) is 3.42. The van der Waals surface area contributed by atoms with Crippen molar-refractivity contribution < 1.29 is 4.39 Å². The van der Waals surface area contributed by atoms with E-state index in [0.29, 0.717) is 23.9 Å². The second-order valence-corrected chi connectivity index (χ2v) is 4.72. The van der Waals surface area contributed by atoms with Gasteiger partial charge in [-0.25, -0.2) is 9.37 Å². The lowest BCUT2D eigenvalue weighted by atomic mass is 10.2. The molecule has 0 fully saturated rings. The van der Waals surface area contributed by atoms with Gasteiger partial charge in [-0.1, -0.05) is 18.2 Å². The number of rotatable bonds is 5. The van der Waals surface area contributed by atoms with Crippen molar-refractivity contribution in [2.45, 2.75) is 13.5 Å². The highest BCUT2D eigenvalue weighted by Crippen LogP contribution is 2.21. The lowest BCUT2D eigenvalue weighted by Gasteiger charge is -2.10. The molecule has 0 radical (unpaired) electrons. The van der Waals surface area contributed by atoms with Crippen LogP contribution in [0.1, 0.15) is 12.5 Å². The molecule has 4 nitrogen and oxygen atoms in total. The second kappa shape index (κ2) is 6.47. The molecule has 2 N–H and O–H groups in total. The first-order valence-electron chi connectivity index (χ1n) is 5.94. The number of benzene rings is 1. The van der Waals surface area contributed by atoms with Crippen molar-refractivity contribution in [1.82, 2.24) is 9.97 Å². The summed E-state index contributed by atoms with van der Waals surface area (Å²) < 4.78 is 14.2. The highest BCUT2D eigenvalue weighted by Gasteiger charge is 2.06. The summed E-state index contributed by atoms with van der Waals surface area (Å²) >= 11 is 3.36.